The Hall–Kier alpha value is -0.380. The van der Waals surface area contributed by atoms with Gasteiger partial charge in [-0.1, -0.05) is 13.8 Å². The topological polar surface area (TPSA) is 32.3 Å². The lowest BCUT2D eigenvalue weighted by atomic mass is 9.88. The van der Waals surface area contributed by atoms with Gasteiger partial charge in [0.1, 0.15) is 0 Å². The van der Waals surface area contributed by atoms with Gasteiger partial charge in [-0.15, -0.1) is 0 Å². The molecule has 1 rings (SSSR count). The molecule has 0 atom stereocenters. The van der Waals surface area contributed by atoms with E-state index in [4.69, 9.17) is 5.11 Å². The van der Waals surface area contributed by atoms with Crippen LogP contribution in [0.2, 0.25) is 0 Å². The minimum absolute atomic E-state index is 0.289. The van der Waals surface area contributed by atoms with E-state index in [0.717, 1.165) is 32.4 Å². The van der Waals surface area contributed by atoms with Crippen LogP contribution < -0.4 is 5.32 Å². The maximum atomic E-state index is 8.81. The molecular formula is C13H23NOS. The molecule has 2 N–H and O–H groups in total. The van der Waals surface area contributed by atoms with Crippen LogP contribution in [0.5, 0.6) is 0 Å². The first-order valence-corrected chi connectivity index (χ1v) is 6.91. The third-order valence-electron chi connectivity index (χ3n) is 2.79. The van der Waals surface area contributed by atoms with E-state index in [1.807, 2.05) is 0 Å². The van der Waals surface area contributed by atoms with Gasteiger partial charge in [-0.2, -0.15) is 11.3 Å². The number of nitrogens with one attached hydrogen (secondary N) is 1. The highest BCUT2D eigenvalue weighted by molar-refractivity contribution is 7.07. The molecule has 1 heterocycles. The lowest BCUT2D eigenvalue weighted by molar-refractivity contribution is 0.237. The minimum Gasteiger partial charge on any atom is -0.396 e. The van der Waals surface area contributed by atoms with E-state index in [0.29, 0.717) is 6.61 Å². The summed E-state index contributed by atoms with van der Waals surface area (Å²) < 4.78 is 0. The number of rotatable bonds is 8. The molecule has 0 aliphatic carbocycles. The summed E-state index contributed by atoms with van der Waals surface area (Å²) in [7, 11) is 0. The first-order chi connectivity index (χ1) is 7.64. The Bertz CT molecular complexity index is 269. The molecule has 2 nitrogen and oxygen atoms in total. The molecule has 16 heavy (non-hydrogen) atoms. The molecule has 0 aliphatic rings. The van der Waals surface area contributed by atoms with Crippen LogP contribution in [0.15, 0.2) is 16.8 Å². The fourth-order valence-electron chi connectivity index (χ4n) is 1.74. The SMILES string of the molecule is CC(C)(CCCO)CNCCc1ccsc1. The van der Waals surface area contributed by atoms with E-state index in [9.17, 15) is 0 Å². The number of aliphatic hydroxyl groups is 1. The van der Waals surface area contributed by atoms with Crippen molar-refractivity contribution in [3.05, 3.63) is 22.4 Å². The van der Waals surface area contributed by atoms with Gasteiger partial charge in [0.05, 0.1) is 0 Å². The van der Waals surface area contributed by atoms with Gasteiger partial charge in [-0.05, 0) is 53.6 Å². The molecule has 0 bridgehead atoms. The average Bonchev–Trinajstić information content (AvgIpc) is 2.75. The maximum Gasteiger partial charge on any atom is 0.0431 e. The van der Waals surface area contributed by atoms with E-state index < -0.39 is 0 Å². The normalized spacial score (nSPS) is 11.9. The second-order valence-electron chi connectivity index (χ2n) is 5.05. The first kappa shape index (κ1) is 13.7. The Balaban J connectivity index is 2.10. The molecule has 0 fully saturated rings. The van der Waals surface area contributed by atoms with Gasteiger partial charge in [-0.3, -0.25) is 0 Å². The standard InChI is InChI=1S/C13H23NOS/c1-13(2,6-3-8-15)11-14-7-4-12-5-9-16-10-12/h5,9-10,14-15H,3-4,6-8,11H2,1-2H3. The molecule has 0 amide bonds. The predicted octanol–water partition coefficient (Wildman–Crippen LogP) is 2.68. The van der Waals surface area contributed by atoms with E-state index in [1.54, 1.807) is 11.3 Å². The zero-order chi connectivity index (χ0) is 11.9. The molecular weight excluding hydrogens is 218 g/mol. The summed E-state index contributed by atoms with van der Waals surface area (Å²) >= 11 is 1.76. The zero-order valence-corrected chi connectivity index (χ0v) is 11.1. The van der Waals surface area contributed by atoms with Gasteiger partial charge in [-0.25, -0.2) is 0 Å². The first-order valence-electron chi connectivity index (χ1n) is 5.97. The van der Waals surface area contributed by atoms with Crippen LogP contribution >= 0.6 is 11.3 Å². The van der Waals surface area contributed by atoms with Crippen LogP contribution in [0.3, 0.4) is 0 Å². The van der Waals surface area contributed by atoms with Crippen LogP contribution in [0.1, 0.15) is 32.3 Å². The van der Waals surface area contributed by atoms with Crippen LogP contribution in [0.4, 0.5) is 0 Å². The number of hydrogen-bond donors (Lipinski definition) is 2. The van der Waals surface area contributed by atoms with Crippen molar-refractivity contribution < 1.29 is 5.11 Å². The van der Waals surface area contributed by atoms with Crippen molar-refractivity contribution in [2.24, 2.45) is 5.41 Å². The molecule has 0 saturated heterocycles. The van der Waals surface area contributed by atoms with E-state index in [1.165, 1.54) is 5.56 Å². The summed E-state index contributed by atoms with van der Waals surface area (Å²) in [4.78, 5) is 0. The largest absolute Gasteiger partial charge is 0.396 e. The maximum absolute atomic E-state index is 8.81. The highest BCUT2D eigenvalue weighted by Crippen LogP contribution is 2.20. The van der Waals surface area contributed by atoms with Crippen LogP contribution in [-0.4, -0.2) is 24.8 Å². The van der Waals surface area contributed by atoms with Crippen LogP contribution in [0, 0.1) is 5.41 Å². The Kier molecular flexibility index (Phi) is 6.03. The summed E-state index contributed by atoms with van der Waals surface area (Å²) in [6, 6.07) is 2.18. The Labute approximate surface area is 103 Å². The third kappa shape index (κ3) is 5.64. The molecule has 0 aromatic carbocycles. The highest BCUT2D eigenvalue weighted by atomic mass is 32.1. The predicted molar refractivity (Wildman–Crippen MR) is 71.0 cm³/mol. The number of aliphatic hydroxyl groups excluding tert-OH is 1. The highest BCUT2D eigenvalue weighted by Gasteiger charge is 2.16. The molecule has 1 aromatic heterocycles. The Morgan fingerprint density at radius 3 is 2.88 bits per heavy atom. The fourth-order valence-corrected chi connectivity index (χ4v) is 2.44. The average molecular weight is 241 g/mol. The summed E-state index contributed by atoms with van der Waals surface area (Å²) in [5, 5.41) is 16.6. The number of hydrogen-bond acceptors (Lipinski definition) is 3. The summed E-state index contributed by atoms with van der Waals surface area (Å²) in [5.41, 5.74) is 1.71. The van der Waals surface area contributed by atoms with Gasteiger partial charge < -0.3 is 10.4 Å². The molecule has 1 aromatic rings. The van der Waals surface area contributed by atoms with Crippen molar-refractivity contribution in [2.45, 2.75) is 33.1 Å². The fraction of sp³-hybridized carbons (Fsp3) is 0.692. The van der Waals surface area contributed by atoms with Crippen molar-refractivity contribution >= 4 is 11.3 Å². The lowest BCUT2D eigenvalue weighted by Crippen LogP contribution is -2.30. The van der Waals surface area contributed by atoms with E-state index in [-0.39, 0.29) is 5.41 Å². The van der Waals surface area contributed by atoms with Crippen molar-refractivity contribution in [3.63, 3.8) is 0 Å². The van der Waals surface area contributed by atoms with Crippen molar-refractivity contribution in [3.8, 4) is 0 Å². The molecule has 0 radical (unpaired) electrons. The van der Waals surface area contributed by atoms with Gasteiger partial charge in [0.2, 0.25) is 0 Å². The summed E-state index contributed by atoms with van der Waals surface area (Å²) in [6.45, 7) is 6.87. The molecule has 3 heteroatoms. The molecule has 0 aliphatic heterocycles. The molecule has 0 spiro atoms. The van der Waals surface area contributed by atoms with Crippen LogP contribution in [-0.2, 0) is 6.42 Å². The lowest BCUT2D eigenvalue weighted by Gasteiger charge is -2.24. The van der Waals surface area contributed by atoms with Gasteiger partial charge in [0, 0.05) is 13.2 Å². The van der Waals surface area contributed by atoms with E-state index >= 15 is 0 Å². The molecule has 0 saturated carbocycles. The van der Waals surface area contributed by atoms with Crippen molar-refractivity contribution in [2.75, 3.05) is 19.7 Å². The number of thiophene rings is 1. The third-order valence-corrected chi connectivity index (χ3v) is 3.52. The van der Waals surface area contributed by atoms with E-state index in [2.05, 4.69) is 36.0 Å². The summed E-state index contributed by atoms with van der Waals surface area (Å²) in [5.74, 6) is 0. The Morgan fingerprint density at radius 1 is 1.44 bits per heavy atom. The Morgan fingerprint density at radius 2 is 2.25 bits per heavy atom. The zero-order valence-electron chi connectivity index (χ0n) is 10.3. The second-order valence-corrected chi connectivity index (χ2v) is 5.83. The van der Waals surface area contributed by atoms with Gasteiger partial charge in [0.15, 0.2) is 0 Å². The van der Waals surface area contributed by atoms with Crippen LogP contribution in [0.25, 0.3) is 0 Å². The minimum atomic E-state index is 0.289. The van der Waals surface area contributed by atoms with Crippen molar-refractivity contribution in [1.29, 1.82) is 0 Å². The molecule has 0 unspecified atom stereocenters. The second kappa shape index (κ2) is 7.05. The smallest absolute Gasteiger partial charge is 0.0431 e. The molecule has 92 valence electrons. The quantitative estimate of drug-likeness (QED) is 0.686. The van der Waals surface area contributed by atoms with Gasteiger partial charge >= 0.3 is 0 Å². The summed E-state index contributed by atoms with van der Waals surface area (Å²) in [6.07, 6.45) is 3.09. The van der Waals surface area contributed by atoms with Gasteiger partial charge in [0.25, 0.3) is 0 Å². The monoisotopic (exact) mass is 241 g/mol. The van der Waals surface area contributed by atoms with Crippen molar-refractivity contribution in [1.82, 2.24) is 5.32 Å².